The molecule has 0 radical (unpaired) electrons. The molecule has 0 bridgehead atoms. The molecule has 0 aliphatic carbocycles. The maximum atomic E-state index is 12.3. The van der Waals surface area contributed by atoms with E-state index in [-0.39, 0.29) is 4.90 Å². The van der Waals surface area contributed by atoms with E-state index < -0.39 is 10.0 Å². The maximum Gasteiger partial charge on any atom is 0.263 e. The summed E-state index contributed by atoms with van der Waals surface area (Å²) in [5, 5.41) is 3.35. The van der Waals surface area contributed by atoms with E-state index >= 15 is 0 Å². The minimum absolute atomic E-state index is 0.213. The first-order chi connectivity index (χ1) is 9.44. The molecule has 20 heavy (non-hydrogen) atoms. The summed E-state index contributed by atoms with van der Waals surface area (Å²) in [6, 6.07) is 8.36. The minimum atomic E-state index is -3.64. The molecular formula is C13H16ClN3O2S. The minimum Gasteiger partial charge on any atom is -0.352 e. The Balaban J connectivity index is 2.31. The van der Waals surface area contributed by atoms with Crippen LogP contribution in [0.2, 0.25) is 5.02 Å². The number of benzene rings is 1. The van der Waals surface area contributed by atoms with E-state index in [1.54, 1.807) is 48.1 Å². The molecule has 0 fully saturated rings. The number of hydrogen-bond donors (Lipinski definition) is 2. The lowest BCUT2D eigenvalue weighted by atomic mass is 10.3. The second kappa shape index (κ2) is 5.87. The van der Waals surface area contributed by atoms with Gasteiger partial charge in [-0.2, -0.15) is 0 Å². The number of rotatable bonds is 5. The molecule has 0 aliphatic heterocycles. The van der Waals surface area contributed by atoms with Gasteiger partial charge in [0.1, 0.15) is 4.90 Å². The van der Waals surface area contributed by atoms with Crippen LogP contribution >= 0.6 is 11.6 Å². The Kier molecular flexibility index (Phi) is 4.37. The molecule has 7 heteroatoms. The first-order valence-electron chi connectivity index (χ1n) is 6.01. The summed E-state index contributed by atoms with van der Waals surface area (Å²) in [7, 11) is -0.0234. The van der Waals surface area contributed by atoms with Crippen LogP contribution in [0.5, 0.6) is 0 Å². The quantitative estimate of drug-likeness (QED) is 0.889. The van der Waals surface area contributed by atoms with E-state index in [4.69, 9.17) is 11.6 Å². The third-order valence-electron chi connectivity index (χ3n) is 2.87. The van der Waals surface area contributed by atoms with E-state index in [0.29, 0.717) is 17.3 Å². The lowest BCUT2D eigenvalue weighted by Crippen LogP contribution is -2.12. The van der Waals surface area contributed by atoms with Crippen molar-refractivity contribution in [2.24, 2.45) is 7.05 Å². The first-order valence-corrected chi connectivity index (χ1v) is 7.87. The van der Waals surface area contributed by atoms with Crippen LogP contribution in [0.4, 0.5) is 5.69 Å². The summed E-state index contributed by atoms with van der Waals surface area (Å²) in [4.78, 5) is 0.213. The van der Waals surface area contributed by atoms with E-state index in [1.807, 2.05) is 7.05 Å². The fourth-order valence-corrected chi connectivity index (χ4v) is 3.24. The molecule has 5 nitrogen and oxygen atoms in total. The lowest BCUT2D eigenvalue weighted by Gasteiger charge is -2.07. The van der Waals surface area contributed by atoms with Crippen molar-refractivity contribution in [1.82, 2.24) is 9.88 Å². The van der Waals surface area contributed by atoms with Crippen LogP contribution in [-0.2, 0) is 23.6 Å². The summed E-state index contributed by atoms with van der Waals surface area (Å²) in [5.74, 6) is 0. The Labute approximate surface area is 123 Å². The number of nitrogens with zero attached hydrogens (tertiary/aromatic N) is 1. The van der Waals surface area contributed by atoms with Gasteiger partial charge in [0.25, 0.3) is 10.0 Å². The van der Waals surface area contributed by atoms with Gasteiger partial charge in [-0.3, -0.25) is 4.72 Å². The number of para-hydroxylation sites is 1. The molecule has 0 atom stereocenters. The number of halogens is 1. The third-order valence-corrected chi connectivity index (χ3v) is 4.53. The van der Waals surface area contributed by atoms with E-state index in [2.05, 4.69) is 10.0 Å². The van der Waals surface area contributed by atoms with Gasteiger partial charge >= 0.3 is 0 Å². The van der Waals surface area contributed by atoms with Crippen molar-refractivity contribution >= 4 is 27.3 Å². The highest BCUT2D eigenvalue weighted by Gasteiger charge is 2.18. The molecule has 108 valence electrons. The van der Waals surface area contributed by atoms with Crippen LogP contribution in [-0.4, -0.2) is 20.0 Å². The molecule has 1 aromatic heterocycles. The SMILES string of the molecule is CNCc1cc(S(=O)(=O)Nc2ccccc2Cl)cn1C. The number of anilines is 1. The summed E-state index contributed by atoms with van der Waals surface area (Å²) in [6.07, 6.45) is 1.58. The lowest BCUT2D eigenvalue weighted by molar-refractivity contribution is 0.601. The number of hydrogen-bond acceptors (Lipinski definition) is 3. The van der Waals surface area contributed by atoms with Crippen molar-refractivity contribution in [2.45, 2.75) is 11.4 Å². The van der Waals surface area contributed by atoms with E-state index in [0.717, 1.165) is 5.69 Å². The molecule has 0 amide bonds. The molecule has 2 N–H and O–H groups in total. The molecule has 1 heterocycles. The summed E-state index contributed by atoms with van der Waals surface area (Å²) >= 11 is 5.96. The zero-order chi connectivity index (χ0) is 14.8. The number of sulfonamides is 1. The van der Waals surface area contributed by atoms with Gasteiger partial charge in [-0.1, -0.05) is 23.7 Å². The van der Waals surface area contributed by atoms with Crippen LogP contribution in [0.1, 0.15) is 5.69 Å². The molecule has 0 aliphatic rings. The Morgan fingerprint density at radius 2 is 2.00 bits per heavy atom. The highest BCUT2D eigenvalue weighted by Crippen LogP contribution is 2.24. The topological polar surface area (TPSA) is 63.1 Å². The van der Waals surface area contributed by atoms with Gasteiger partial charge in [-0.15, -0.1) is 0 Å². The van der Waals surface area contributed by atoms with Crippen LogP contribution in [0, 0.1) is 0 Å². The molecule has 2 aromatic rings. The van der Waals surface area contributed by atoms with Crippen molar-refractivity contribution in [3.8, 4) is 0 Å². The average molecular weight is 314 g/mol. The molecule has 0 saturated carbocycles. The summed E-state index contributed by atoms with van der Waals surface area (Å²) in [5.41, 5.74) is 1.25. The van der Waals surface area contributed by atoms with Crippen LogP contribution in [0.3, 0.4) is 0 Å². The standard InChI is InChI=1S/C13H16ClN3O2S/c1-15-8-10-7-11(9-17(10)2)20(18,19)16-13-6-4-3-5-12(13)14/h3-7,9,15-16H,8H2,1-2H3. The predicted octanol–water partition coefficient (Wildman–Crippen LogP) is 2.20. The average Bonchev–Trinajstić information content (AvgIpc) is 2.75. The zero-order valence-electron chi connectivity index (χ0n) is 11.2. The van der Waals surface area contributed by atoms with Crippen molar-refractivity contribution in [2.75, 3.05) is 11.8 Å². The van der Waals surface area contributed by atoms with Gasteiger partial charge in [0.05, 0.1) is 10.7 Å². The number of nitrogens with one attached hydrogen (secondary N) is 2. The second-order valence-electron chi connectivity index (χ2n) is 4.39. The second-order valence-corrected chi connectivity index (χ2v) is 6.48. The van der Waals surface area contributed by atoms with Crippen LogP contribution < -0.4 is 10.0 Å². The molecule has 1 aromatic carbocycles. The fraction of sp³-hybridized carbons (Fsp3) is 0.231. The Bertz CT molecular complexity index is 710. The number of aryl methyl sites for hydroxylation is 1. The van der Waals surface area contributed by atoms with Gasteiger partial charge in [0.15, 0.2) is 0 Å². The third kappa shape index (κ3) is 3.15. The molecule has 0 unspecified atom stereocenters. The molecule has 0 saturated heterocycles. The Morgan fingerprint density at radius 3 is 2.65 bits per heavy atom. The highest BCUT2D eigenvalue weighted by molar-refractivity contribution is 7.92. The largest absolute Gasteiger partial charge is 0.352 e. The van der Waals surface area contributed by atoms with Crippen LogP contribution in [0.25, 0.3) is 0 Å². The smallest absolute Gasteiger partial charge is 0.263 e. The first kappa shape index (κ1) is 14.9. The van der Waals surface area contributed by atoms with Gasteiger partial charge in [-0.25, -0.2) is 8.42 Å². The fourth-order valence-electron chi connectivity index (χ4n) is 1.83. The monoisotopic (exact) mass is 313 g/mol. The molecule has 0 spiro atoms. The van der Waals surface area contributed by atoms with Crippen molar-refractivity contribution in [3.63, 3.8) is 0 Å². The van der Waals surface area contributed by atoms with Gasteiger partial charge in [0.2, 0.25) is 0 Å². The number of aromatic nitrogens is 1. The zero-order valence-corrected chi connectivity index (χ0v) is 12.8. The predicted molar refractivity (Wildman–Crippen MR) is 80.4 cm³/mol. The van der Waals surface area contributed by atoms with Gasteiger partial charge < -0.3 is 9.88 Å². The summed E-state index contributed by atoms with van der Waals surface area (Å²) < 4.78 is 28.9. The maximum absolute atomic E-state index is 12.3. The van der Waals surface area contributed by atoms with Crippen molar-refractivity contribution in [3.05, 3.63) is 47.2 Å². The van der Waals surface area contributed by atoms with E-state index in [1.165, 1.54) is 0 Å². The Morgan fingerprint density at radius 1 is 1.30 bits per heavy atom. The Hall–Kier alpha value is -1.50. The molecular weight excluding hydrogens is 298 g/mol. The van der Waals surface area contributed by atoms with Crippen molar-refractivity contribution < 1.29 is 8.42 Å². The molecule has 2 rings (SSSR count). The summed E-state index contributed by atoms with van der Waals surface area (Å²) in [6.45, 7) is 0.595. The van der Waals surface area contributed by atoms with Crippen LogP contribution in [0.15, 0.2) is 41.4 Å². The highest BCUT2D eigenvalue weighted by atomic mass is 35.5. The normalized spacial score (nSPS) is 11.6. The van der Waals surface area contributed by atoms with Gasteiger partial charge in [0, 0.05) is 25.5 Å². The van der Waals surface area contributed by atoms with Crippen molar-refractivity contribution in [1.29, 1.82) is 0 Å². The van der Waals surface area contributed by atoms with Gasteiger partial charge in [-0.05, 0) is 25.2 Å². The van der Waals surface area contributed by atoms with E-state index in [9.17, 15) is 8.42 Å².